The third kappa shape index (κ3) is 9.02. The van der Waals surface area contributed by atoms with E-state index in [0.29, 0.717) is 21.4 Å². The van der Waals surface area contributed by atoms with Crippen molar-refractivity contribution in [3.05, 3.63) is 124 Å². The lowest BCUT2D eigenvalue weighted by atomic mass is 10.0. The normalized spacial score (nSPS) is 12.2. The molecule has 0 aliphatic rings. The number of nitrogens with zero attached hydrogens (tertiary/aromatic N) is 2. The Balaban J connectivity index is 1.82. The maximum atomic E-state index is 14.5. The Kier molecular flexibility index (Phi) is 11.4. The number of rotatable bonds is 12. The fraction of sp³-hybridized carbons (Fsp3) is 0.257. The SMILES string of the molecule is COc1ccc(S(=O)(=O)N(CC(=O)N(Cc2ccccc2Cl)[C@@H](Cc2ccccc2)C(=O)NC(C)(C)C)c2ccc(Cl)cc2)cc1. The number of hydrogen-bond acceptors (Lipinski definition) is 5. The second-order valence-electron chi connectivity index (χ2n) is 11.7. The summed E-state index contributed by atoms with van der Waals surface area (Å²) >= 11 is 12.7. The van der Waals surface area contributed by atoms with Crippen molar-refractivity contribution in [1.29, 1.82) is 0 Å². The summed E-state index contributed by atoms with van der Waals surface area (Å²) < 4.78 is 34.5. The zero-order valence-corrected chi connectivity index (χ0v) is 28.4. The molecular weight excluding hydrogens is 645 g/mol. The number of ether oxygens (including phenoxy) is 1. The lowest BCUT2D eigenvalue weighted by molar-refractivity contribution is -0.140. The number of anilines is 1. The van der Waals surface area contributed by atoms with Gasteiger partial charge in [-0.3, -0.25) is 13.9 Å². The van der Waals surface area contributed by atoms with Crippen LogP contribution in [0.3, 0.4) is 0 Å². The fourth-order valence-corrected chi connectivity index (χ4v) is 6.56. The van der Waals surface area contributed by atoms with Crippen LogP contribution in [0.5, 0.6) is 5.75 Å². The first kappa shape index (κ1) is 34.8. The number of sulfonamides is 1. The zero-order chi connectivity index (χ0) is 33.5. The van der Waals surface area contributed by atoms with E-state index in [-0.39, 0.29) is 29.5 Å². The molecule has 0 fully saturated rings. The Morgan fingerprint density at radius 3 is 2.04 bits per heavy atom. The summed E-state index contributed by atoms with van der Waals surface area (Å²) in [6, 6.07) is 27.4. The smallest absolute Gasteiger partial charge is 0.264 e. The van der Waals surface area contributed by atoms with Crippen molar-refractivity contribution >= 4 is 50.7 Å². The highest BCUT2D eigenvalue weighted by Crippen LogP contribution is 2.28. The van der Waals surface area contributed by atoms with Gasteiger partial charge in [0.05, 0.1) is 17.7 Å². The molecule has 0 aliphatic heterocycles. The van der Waals surface area contributed by atoms with Gasteiger partial charge in [-0.1, -0.05) is 71.7 Å². The maximum absolute atomic E-state index is 14.5. The van der Waals surface area contributed by atoms with Gasteiger partial charge in [0, 0.05) is 28.5 Å². The van der Waals surface area contributed by atoms with Gasteiger partial charge in [-0.05, 0) is 86.5 Å². The molecular formula is C35H37Cl2N3O5S. The van der Waals surface area contributed by atoms with E-state index in [1.165, 1.54) is 48.4 Å². The van der Waals surface area contributed by atoms with E-state index in [0.717, 1.165) is 9.87 Å². The molecule has 0 heterocycles. The Bertz CT molecular complexity index is 1740. The van der Waals surface area contributed by atoms with Crippen LogP contribution in [0.25, 0.3) is 0 Å². The number of carbonyl (C=O) groups excluding carboxylic acids is 2. The third-order valence-electron chi connectivity index (χ3n) is 7.11. The highest BCUT2D eigenvalue weighted by atomic mass is 35.5. The highest BCUT2D eigenvalue weighted by Gasteiger charge is 2.36. The minimum absolute atomic E-state index is 0.0371. The number of hydrogen-bond donors (Lipinski definition) is 1. The van der Waals surface area contributed by atoms with Crippen LogP contribution in [0, 0.1) is 0 Å². The van der Waals surface area contributed by atoms with Gasteiger partial charge >= 0.3 is 0 Å². The third-order valence-corrected chi connectivity index (χ3v) is 9.52. The molecule has 2 amide bonds. The Hall–Kier alpha value is -4.05. The van der Waals surface area contributed by atoms with Crippen LogP contribution >= 0.6 is 23.2 Å². The number of carbonyl (C=O) groups is 2. The summed E-state index contributed by atoms with van der Waals surface area (Å²) in [7, 11) is -2.79. The molecule has 4 aromatic rings. The summed E-state index contributed by atoms with van der Waals surface area (Å²) in [6.07, 6.45) is 0.186. The molecule has 4 rings (SSSR count). The fourth-order valence-electron chi connectivity index (χ4n) is 4.83. The lowest BCUT2D eigenvalue weighted by Crippen LogP contribution is -2.56. The molecule has 0 spiro atoms. The molecule has 0 aliphatic carbocycles. The van der Waals surface area contributed by atoms with Gasteiger partial charge in [-0.2, -0.15) is 0 Å². The van der Waals surface area contributed by atoms with E-state index in [4.69, 9.17) is 27.9 Å². The molecule has 0 bridgehead atoms. The predicted octanol–water partition coefficient (Wildman–Crippen LogP) is 6.75. The average Bonchev–Trinajstić information content (AvgIpc) is 3.02. The quantitative estimate of drug-likeness (QED) is 0.178. The molecule has 1 atom stereocenters. The van der Waals surface area contributed by atoms with Crippen molar-refractivity contribution in [3.63, 3.8) is 0 Å². The van der Waals surface area contributed by atoms with E-state index < -0.39 is 34.1 Å². The largest absolute Gasteiger partial charge is 0.497 e. The van der Waals surface area contributed by atoms with Crippen LogP contribution in [0.15, 0.2) is 108 Å². The van der Waals surface area contributed by atoms with Crippen molar-refractivity contribution in [2.24, 2.45) is 0 Å². The van der Waals surface area contributed by atoms with Crippen molar-refractivity contribution in [2.75, 3.05) is 18.0 Å². The predicted molar refractivity (Wildman–Crippen MR) is 183 cm³/mol. The summed E-state index contributed by atoms with van der Waals surface area (Å²) in [4.78, 5) is 29.9. The van der Waals surface area contributed by atoms with E-state index in [2.05, 4.69) is 5.32 Å². The average molecular weight is 683 g/mol. The standard InChI is InChI=1S/C35H37Cl2N3O5S/c1-35(2,3)38-34(42)32(22-25-10-6-5-7-11-25)39(23-26-12-8-9-13-31(26)37)33(41)24-40(28-16-14-27(36)15-17-28)46(43,44)30-20-18-29(45-4)19-21-30/h5-21,32H,22-24H2,1-4H3,(H,38,42)/t32-/m0/s1. The summed E-state index contributed by atoms with van der Waals surface area (Å²) in [5.41, 5.74) is 1.06. The molecule has 0 saturated heterocycles. The van der Waals surface area contributed by atoms with Crippen LogP contribution in [0.4, 0.5) is 5.69 Å². The van der Waals surface area contributed by atoms with Crippen LogP contribution in [-0.2, 0) is 32.6 Å². The maximum Gasteiger partial charge on any atom is 0.264 e. The Labute approximate surface area is 280 Å². The zero-order valence-electron chi connectivity index (χ0n) is 26.1. The first-order chi connectivity index (χ1) is 21.8. The van der Waals surface area contributed by atoms with E-state index >= 15 is 0 Å². The van der Waals surface area contributed by atoms with Crippen molar-refractivity contribution in [1.82, 2.24) is 10.2 Å². The molecule has 0 aromatic heterocycles. The van der Waals surface area contributed by atoms with Gasteiger partial charge in [0.15, 0.2) is 0 Å². The lowest BCUT2D eigenvalue weighted by Gasteiger charge is -2.35. The van der Waals surface area contributed by atoms with E-state index in [1.54, 1.807) is 36.4 Å². The van der Waals surface area contributed by atoms with Crippen LogP contribution < -0.4 is 14.4 Å². The van der Waals surface area contributed by atoms with E-state index in [1.807, 2.05) is 51.1 Å². The van der Waals surface area contributed by atoms with Gasteiger partial charge < -0.3 is 15.0 Å². The molecule has 0 radical (unpaired) electrons. The van der Waals surface area contributed by atoms with Crippen LogP contribution in [0.2, 0.25) is 10.0 Å². The van der Waals surface area contributed by atoms with Crippen molar-refractivity contribution in [3.8, 4) is 5.75 Å². The van der Waals surface area contributed by atoms with Gasteiger partial charge in [0.1, 0.15) is 18.3 Å². The van der Waals surface area contributed by atoms with Gasteiger partial charge in [0.25, 0.3) is 10.0 Å². The number of halogens is 2. The number of nitrogens with one attached hydrogen (secondary N) is 1. The summed E-state index contributed by atoms with van der Waals surface area (Å²) in [5, 5.41) is 3.82. The minimum Gasteiger partial charge on any atom is -0.497 e. The van der Waals surface area contributed by atoms with Crippen molar-refractivity contribution in [2.45, 2.75) is 50.2 Å². The second kappa shape index (κ2) is 15.0. The molecule has 8 nitrogen and oxygen atoms in total. The molecule has 46 heavy (non-hydrogen) atoms. The monoisotopic (exact) mass is 681 g/mol. The molecule has 242 valence electrons. The first-order valence-corrected chi connectivity index (χ1v) is 16.8. The molecule has 0 unspecified atom stereocenters. The Morgan fingerprint density at radius 2 is 1.46 bits per heavy atom. The van der Waals surface area contributed by atoms with Crippen LogP contribution in [0.1, 0.15) is 31.9 Å². The first-order valence-electron chi connectivity index (χ1n) is 14.6. The Morgan fingerprint density at radius 1 is 0.848 bits per heavy atom. The second-order valence-corrected chi connectivity index (χ2v) is 14.4. The summed E-state index contributed by atoms with van der Waals surface area (Å²) in [6.45, 7) is 4.93. The topological polar surface area (TPSA) is 96.0 Å². The molecule has 11 heteroatoms. The van der Waals surface area contributed by atoms with E-state index in [9.17, 15) is 18.0 Å². The van der Waals surface area contributed by atoms with Crippen LogP contribution in [-0.4, -0.2) is 50.4 Å². The van der Waals surface area contributed by atoms with Gasteiger partial charge in [0.2, 0.25) is 11.8 Å². The number of benzene rings is 4. The number of methoxy groups -OCH3 is 1. The number of amides is 2. The molecule has 1 N–H and O–H groups in total. The molecule has 0 saturated carbocycles. The van der Waals surface area contributed by atoms with Gasteiger partial charge in [-0.25, -0.2) is 8.42 Å². The summed E-state index contributed by atoms with van der Waals surface area (Å²) in [5.74, 6) is -0.502. The van der Waals surface area contributed by atoms with Gasteiger partial charge in [-0.15, -0.1) is 0 Å². The minimum atomic E-state index is -4.27. The highest BCUT2D eigenvalue weighted by molar-refractivity contribution is 7.92. The van der Waals surface area contributed by atoms with Crippen molar-refractivity contribution < 1.29 is 22.7 Å². The molecule has 4 aromatic carbocycles.